The summed E-state index contributed by atoms with van der Waals surface area (Å²) in [5.74, 6) is -0.939. The molecule has 3 aliphatic rings. The van der Waals surface area contributed by atoms with E-state index in [1.54, 1.807) is 27.6 Å². The number of nitrogens with zero attached hydrogens (tertiary/aromatic N) is 5. The summed E-state index contributed by atoms with van der Waals surface area (Å²) in [5.41, 5.74) is 1.69. The first-order chi connectivity index (χ1) is 17.6. The van der Waals surface area contributed by atoms with Crippen LogP contribution >= 0.6 is 11.3 Å². The molecule has 11 nitrogen and oxygen atoms in total. The van der Waals surface area contributed by atoms with Crippen molar-refractivity contribution in [3.8, 4) is 0 Å². The predicted molar refractivity (Wildman–Crippen MR) is 136 cm³/mol. The molecule has 2 aromatic rings. The number of aromatic amines is 1. The minimum Gasteiger partial charge on any atom is -0.341 e. The molecule has 2 saturated heterocycles. The second-order valence-electron chi connectivity index (χ2n) is 10.3. The number of imide groups is 1. The molecular weight excluding hydrogens is 494 g/mol. The van der Waals surface area contributed by atoms with Gasteiger partial charge in [0.2, 0.25) is 5.91 Å². The number of H-pyrrole nitrogens is 1. The molecule has 5 amide bonds. The molecular formula is C25H31N7O4S. The number of piperidine rings is 1. The van der Waals surface area contributed by atoms with Crippen LogP contribution < -0.4 is 5.32 Å². The highest BCUT2D eigenvalue weighted by Gasteiger charge is 2.59. The van der Waals surface area contributed by atoms with E-state index < -0.39 is 11.6 Å². The van der Waals surface area contributed by atoms with Gasteiger partial charge in [0.25, 0.3) is 11.8 Å². The van der Waals surface area contributed by atoms with Crippen molar-refractivity contribution in [1.29, 1.82) is 0 Å². The lowest BCUT2D eigenvalue weighted by molar-refractivity contribution is -0.141. The van der Waals surface area contributed by atoms with Crippen LogP contribution in [0.25, 0.3) is 6.08 Å². The second-order valence-corrected chi connectivity index (χ2v) is 11.2. The third kappa shape index (κ3) is 4.12. The molecule has 2 aromatic heterocycles. The summed E-state index contributed by atoms with van der Waals surface area (Å²) in [7, 11) is 1.52. The molecule has 4 heterocycles. The van der Waals surface area contributed by atoms with Crippen LogP contribution in [0.2, 0.25) is 0 Å². The van der Waals surface area contributed by atoms with Gasteiger partial charge >= 0.3 is 6.03 Å². The highest BCUT2D eigenvalue weighted by Crippen LogP contribution is 2.43. The zero-order valence-corrected chi connectivity index (χ0v) is 22.2. The van der Waals surface area contributed by atoms with Gasteiger partial charge in [0, 0.05) is 54.6 Å². The highest BCUT2D eigenvalue weighted by atomic mass is 32.1. The summed E-state index contributed by atoms with van der Waals surface area (Å²) in [6, 6.07) is -1.06. The molecule has 12 heteroatoms. The quantitative estimate of drug-likeness (QED) is 0.575. The Labute approximate surface area is 218 Å². The fourth-order valence-electron chi connectivity index (χ4n) is 5.58. The number of nitrogens with one attached hydrogen (secondary N) is 2. The van der Waals surface area contributed by atoms with Crippen LogP contribution in [0.3, 0.4) is 0 Å². The van der Waals surface area contributed by atoms with E-state index in [-0.39, 0.29) is 35.6 Å². The van der Waals surface area contributed by atoms with Crippen molar-refractivity contribution in [2.45, 2.75) is 51.6 Å². The number of likely N-dealkylation sites (N-methyl/N-ethyl adjacent to an activating group) is 1. The van der Waals surface area contributed by atoms with Gasteiger partial charge in [0.05, 0.1) is 6.20 Å². The van der Waals surface area contributed by atoms with Crippen molar-refractivity contribution in [2.24, 2.45) is 11.8 Å². The number of urea groups is 1. The Morgan fingerprint density at radius 2 is 1.97 bits per heavy atom. The molecule has 2 N–H and O–H groups in total. The lowest BCUT2D eigenvalue weighted by Crippen LogP contribution is -2.60. The van der Waals surface area contributed by atoms with Crippen LogP contribution in [-0.2, 0) is 16.0 Å². The Morgan fingerprint density at radius 3 is 2.62 bits per heavy atom. The zero-order chi connectivity index (χ0) is 26.5. The monoisotopic (exact) mass is 525 g/mol. The maximum Gasteiger partial charge on any atom is 0.331 e. The average molecular weight is 526 g/mol. The second kappa shape index (κ2) is 9.40. The number of hydrogen-bond donors (Lipinski definition) is 2. The summed E-state index contributed by atoms with van der Waals surface area (Å²) in [6.45, 7) is 6.41. The summed E-state index contributed by atoms with van der Waals surface area (Å²) < 4.78 is 0. The molecule has 1 unspecified atom stereocenters. The van der Waals surface area contributed by atoms with Crippen molar-refractivity contribution in [3.63, 3.8) is 0 Å². The van der Waals surface area contributed by atoms with Gasteiger partial charge in [-0.15, -0.1) is 11.3 Å². The summed E-state index contributed by atoms with van der Waals surface area (Å²) in [6.07, 6.45) is 6.56. The summed E-state index contributed by atoms with van der Waals surface area (Å²) >= 11 is 1.22. The summed E-state index contributed by atoms with van der Waals surface area (Å²) in [5, 5.41) is 12.0. The number of hydrogen-bond acceptors (Lipinski definition) is 7. The third-order valence-corrected chi connectivity index (χ3v) is 8.46. The topological polar surface area (TPSA) is 132 Å². The van der Waals surface area contributed by atoms with Crippen molar-refractivity contribution in [2.75, 3.05) is 20.1 Å². The predicted octanol–water partition coefficient (Wildman–Crippen LogP) is 2.11. The van der Waals surface area contributed by atoms with E-state index in [9.17, 15) is 19.2 Å². The van der Waals surface area contributed by atoms with Crippen LogP contribution in [0.15, 0.2) is 23.5 Å². The normalized spacial score (nSPS) is 21.9. The first-order valence-corrected chi connectivity index (χ1v) is 13.4. The van der Waals surface area contributed by atoms with Crippen LogP contribution in [0.4, 0.5) is 4.79 Å². The Balaban J connectivity index is 1.37. The lowest BCUT2D eigenvalue weighted by atomic mass is 9.82. The van der Waals surface area contributed by atoms with E-state index >= 15 is 0 Å². The zero-order valence-electron chi connectivity index (χ0n) is 21.4. The van der Waals surface area contributed by atoms with Gasteiger partial charge in [-0.3, -0.25) is 29.3 Å². The Hall–Kier alpha value is -3.54. The number of allylic oxidation sites excluding steroid dienone is 1. The number of rotatable bonds is 5. The summed E-state index contributed by atoms with van der Waals surface area (Å²) in [4.78, 5) is 61.5. The van der Waals surface area contributed by atoms with Crippen LogP contribution in [-0.4, -0.2) is 85.4 Å². The van der Waals surface area contributed by atoms with E-state index in [4.69, 9.17) is 0 Å². The fourth-order valence-corrected chi connectivity index (χ4v) is 6.11. The fraction of sp³-hybridized carbons (Fsp3) is 0.520. The molecule has 196 valence electrons. The Morgan fingerprint density at radius 1 is 1.24 bits per heavy atom. The Bertz CT molecular complexity index is 1260. The highest BCUT2D eigenvalue weighted by molar-refractivity contribution is 7.11. The largest absolute Gasteiger partial charge is 0.341 e. The Kier molecular flexibility index (Phi) is 6.38. The van der Waals surface area contributed by atoms with Gasteiger partial charge < -0.3 is 10.2 Å². The van der Waals surface area contributed by atoms with E-state index in [0.29, 0.717) is 37.4 Å². The average Bonchev–Trinajstić information content (AvgIpc) is 3.61. The SMILES string of the molecule is CC1Cc2[nH]ncc2C=C1N1C(=O)N(C)C(=O)C12CCN(C(=O)[C@H](NC(=O)c1nccs1)C(C)C)CC2. The van der Waals surface area contributed by atoms with Crippen molar-refractivity contribution >= 4 is 41.2 Å². The van der Waals surface area contributed by atoms with Gasteiger partial charge in [-0.1, -0.05) is 20.8 Å². The van der Waals surface area contributed by atoms with E-state index in [1.807, 2.05) is 26.8 Å². The van der Waals surface area contributed by atoms with Crippen molar-refractivity contribution in [1.82, 2.24) is 35.2 Å². The molecule has 2 atom stereocenters. The van der Waals surface area contributed by atoms with Gasteiger partial charge in [-0.25, -0.2) is 9.78 Å². The van der Waals surface area contributed by atoms with Gasteiger partial charge in [0.1, 0.15) is 11.6 Å². The molecule has 37 heavy (non-hydrogen) atoms. The number of amides is 5. The maximum absolute atomic E-state index is 13.5. The first-order valence-electron chi connectivity index (χ1n) is 12.5. The van der Waals surface area contributed by atoms with Crippen molar-refractivity contribution in [3.05, 3.63) is 39.7 Å². The molecule has 2 fully saturated rings. The van der Waals surface area contributed by atoms with Gasteiger partial charge in [-0.2, -0.15) is 5.10 Å². The molecule has 0 saturated carbocycles. The van der Waals surface area contributed by atoms with Crippen LogP contribution in [0.1, 0.15) is 54.7 Å². The van der Waals surface area contributed by atoms with Gasteiger partial charge in [-0.05, 0) is 31.3 Å². The smallest absolute Gasteiger partial charge is 0.331 e. The van der Waals surface area contributed by atoms with Crippen LogP contribution in [0, 0.1) is 11.8 Å². The van der Waals surface area contributed by atoms with Crippen molar-refractivity contribution < 1.29 is 19.2 Å². The molecule has 1 spiro atoms. The number of carbonyl (C=O) groups is 4. The van der Waals surface area contributed by atoms with E-state index in [0.717, 1.165) is 17.0 Å². The van der Waals surface area contributed by atoms with E-state index in [1.165, 1.54) is 23.3 Å². The number of aromatic nitrogens is 3. The number of fused-ring (bicyclic) bond motifs is 1. The number of likely N-dealkylation sites (tertiary alicyclic amines) is 1. The number of thiazole rings is 1. The number of carbonyl (C=O) groups excluding carboxylic acids is 4. The third-order valence-electron chi connectivity index (χ3n) is 7.69. The molecule has 0 radical (unpaired) electrons. The minimum absolute atomic E-state index is 0.0131. The maximum atomic E-state index is 13.5. The van der Waals surface area contributed by atoms with Gasteiger partial charge in [0.15, 0.2) is 5.01 Å². The molecule has 1 aliphatic carbocycles. The lowest BCUT2D eigenvalue weighted by Gasteiger charge is -2.45. The molecule has 5 rings (SSSR count). The first kappa shape index (κ1) is 25.1. The molecule has 2 aliphatic heterocycles. The molecule has 0 aromatic carbocycles. The minimum atomic E-state index is -1.04. The van der Waals surface area contributed by atoms with Crippen LogP contribution in [0.5, 0.6) is 0 Å². The standard InChI is InChI=1S/C25H31N7O4S/c1-14(2)19(28-20(33)21-26-7-10-37-21)22(34)31-8-5-25(6-9-31)23(35)30(4)24(36)32(25)18-12-16-13-27-29-17(16)11-15(18)3/h7,10,12-15,19H,5-6,8-9,11H2,1-4H3,(H,27,29)(H,28,33)/t15?,19-/m1/s1. The molecule has 0 bridgehead atoms. The van der Waals surface area contributed by atoms with E-state index in [2.05, 4.69) is 20.5 Å².